The first-order valence-corrected chi connectivity index (χ1v) is 7.10. The monoisotopic (exact) mass is 244 g/mol. The minimum Gasteiger partial charge on any atom is -0.417 e. The van der Waals surface area contributed by atoms with Crippen molar-refractivity contribution in [1.29, 1.82) is 0 Å². The van der Waals surface area contributed by atoms with Crippen LogP contribution < -0.4 is 4.52 Å². The van der Waals surface area contributed by atoms with Gasteiger partial charge in [-0.05, 0) is 43.8 Å². The van der Waals surface area contributed by atoms with Crippen LogP contribution in [0.1, 0.15) is 19.4 Å². The van der Waals surface area contributed by atoms with Gasteiger partial charge in [-0.1, -0.05) is 23.8 Å². The molecule has 1 aromatic carbocycles. The van der Waals surface area contributed by atoms with Gasteiger partial charge in [-0.3, -0.25) is 0 Å². The van der Waals surface area contributed by atoms with Crippen LogP contribution in [0.4, 0.5) is 0 Å². The lowest BCUT2D eigenvalue weighted by Gasteiger charge is -2.07. The maximum absolute atomic E-state index is 10.8. The van der Waals surface area contributed by atoms with E-state index in [1.54, 1.807) is 12.1 Å². The summed E-state index contributed by atoms with van der Waals surface area (Å²) in [6.45, 7) is 0.249. The van der Waals surface area contributed by atoms with Crippen molar-refractivity contribution in [3.05, 3.63) is 35.4 Å². The third-order valence-electron chi connectivity index (χ3n) is 1.56. The molecule has 0 amide bonds. The summed E-state index contributed by atoms with van der Waals surface area (Å²) in [5.74, 6) is 0.335. The normalized spacial score (nSPS) is 14.1. The van der Waals surface area contributed by atoms with Gasteiger partial charge in [0.1, 0.15) is 5.75 Å². The maximum Gasteiger partial charge on any atom is 0.434 e. The highest BCUT2D eigenvalue weighted by atomic mass is 32.7. The molecule has 82 valence electrons. The molecule has 0 aliphatic heterocycles. The third-order valence-corrected chi connectivity index (χ3v) is 2.25. The molecule has 1 atom stereocenters. The Labute approximate surface area is 94.5 Å². The van der Waals surface area contributed by atoms with Crippen molar-refractivity contribution < 1.29 is 14.0 Å². The molecule has 0 spiro atoms. The highest BCUT2D eigenvalue weighted by Crippen LogP contribution is 2.46. The molecule has 1 N–H and O–H groups in total. The van der Waals surface area contributed by atoms with E-state index in [4.69, 9.17) is 9.42 Å². The lowest BCUT2D eigenvalue weighted by Crippen LogP contribution is -1.85. The van der Waals surface area contributed by atoms with Gasteiger partial charge in [0, 0.05) is 0 Å². The molecule has 3 nitrogen and oxygen atoms in total. The summed E-state index contributed by atoms with van der Waals surface area (Å²) in [4.78, 5) is 8.87. The van der Waals surface area contributed by atoms with E-state index in [2.05, 4.69) is 12.2 Å². The second kappa shape index (κ2) is 4.88. The van der Waals surface area contributed by atoms with Crippen molar-refractivity contribution in [3.63, 3.8) is 0 Å². The standard InChI is InChI=1S/C10H13O3PS/c1-8(2)7-9-3-5-10(6-4-9)13-14(11,12)15/h3-7H,1-2H3,(H2,11,12,15). The van der Waals surface area contributed by atoms with E-state index in [0.29, 0.717) is 5.75 Å². The van der Waals surface area contributed by atoms with Crippen LogP contribution in [-0.2, 0) is 4.57 Å². The highest BCUT2D eigenvalue weighted by Gasteiger charge is 2.12. The average Bonchev–Trinajstić information content (AvgIpc) is 2.05. The van der Waals surface area contributed by atoms with Crippen molar-refractivity contribution in [2.75, 3.05) is 0 Å². The quantitative estimate of drug-likeness (QED) is 0.631. The number of allylic oxidation sites excluding steroid dienone is 1. The van der Waals surface area contributed by atoms with Gasteiger partial charge in [-0.15, -0.1) is 0 Å². The topological polar surface area (TPSA) is 46.5 Å². The van der Waals surface area contributed by atoms with E-state index in [1.807, 2.05) is 32.1 Å². The van der Waals surface area contributed by atoms with Crippen LogP contribution in [0.15, 0.2) is 29.8 Å². The Hall–Kier alpha value is -0.700. The smallest absolute Gasteiger partial charge is 0.417 e. The van der Waals surface area contributed by atoms with Crippen LogP contribution in [0.25, 0.3) is 6.08 Å². The molecule has 0 aromatic heterocycles. The molecule has 1 aromatic rings. The summed E-state index contributed by atoms with van der Waals surface area (Å²) in [6.07, 6.45) is 2.00. The van der Waals surface area contributed by atoms with Crippen molar-refractivity contribution in [2.24, 2.45) is 0 Å². The van der Waals surface area contributed by atoms with Crippen molar-refractivity contribution in [3.8, 4) is 5.75 Å². The molecule has 15 heavy (non-hydrogen) atoms. The van der Waals surface area contributed by atoms with Gasteiger partial charge in [0.05, 0.1) is 0 Å². The zero-order chi connectivity index (χ0) is 11.5. The number of rotatable bonds is 3. The predicted octanol–water partition coefficient (Wildman–Crippen LogP) is 3.52. The second-order valence-electron chi connectivity index (χ2n) is 3.37. The predicted molar refractivity (Wildman–Crippen MR) is 65.2 cm³/mol. The summed E-state index contributed by atoms with van der Waals surface area (Å²) in [5, 5.41) is 0. The van der Waals surface area contributed by atoms with Gasteiger partial charge < -0.3 is 9.42 Å². The minimum absolute atomic E-state index is 0.335. The average molecular weight is 244 g/mol. The Balaban J connectivity index is 2.82. The zero-order valence-corrected chi connectivity index (χ0v) is 10.3. The van der Waals surface area contributed by atoms with E-state index in [-0.39, 0.29) is 0 Å². The Morgan fingerprint density at radius 3 is 2.33 bits per heavy atom. The molecular weight excluding hydrogens is 231 g/mol. The Bertz CT molecular complexity index is 401. The van der Waals surface area contributed by atoms with E-state index in [9.17, 15) is 4.57 Å². The number of hydrogen-bond donors (Lipinski definition) is 2. The molecule has 1 rings (SSSR count). The van der Waals surface area contributed by atoms with Crippen LogP contribution in [0.5, 0.6) is 5.75 Å². The number of thiol groups is 1. The van der Waals surface area contributed by atoms with Gasteiger partial charge in [-0.25, -0.2) is 4.57 Å². The molecule has 0 bridgehead atoms. The molecule has 0 heterocycles. The molecule has 0 saturated heterocycles. The fourth-order valence-electron chi connectivity index (χ4n) is 1.10. The van der Waals surface area contributed by atoms with Crippen molar-refractivity contribution >= 4 is 25.1 Å². The van der Waals surface area contributed by atoms with E-state index < -0.39 is 6.80 Å². The Kier molecular flexibility index (Phi) is 4.03. The van der Waals surface area contributed by atoms with Crippen LogP contribution in [0, 0.1) is 0 Å². The summed E-state index contributed by atoms with van der Waals surface area (Å²) in [5.41, 5.74) is 2.21. The summed E-state index contributed by atoms with van der Waals surface area (Å²) in [7, 11) is 0. The van der Waals surface area contributed by atoms with E-state index >= 15 is 0 Å². The van der Waals surface area contributed by atoms with Gasteiger partial charge in [-0.2, -0.15) is 0 Å². The van der Waals surface area contributed by atoms with Crippen LogP contribution in [0.2, 0.25) is 0 Å². The first-order chi connectivity index (χ1) is 6.87. The van der Waals surface area contributed by atoms with Gasteiger partial charge in [0.2, 0.25) is 0 Å². The molecule has 5 heteroatoms. The molecule has 0 radical (unpaired) electrons. The third kappa shape index (κ3) is 5.07. The number of benzene rings is 1. The molecule has 1 unspecified atom stereocenters. The summed E-state index contributed by atoms with van der Waals surface area (Å²) < 4.78 is 15.5. The van der Waals surface area contributed by atoms with Gasteiger partial charge in [0.25, 0.3) is 0 Å². The van der Waals surface area contributed by atoms with Crippen molar-refractivity contribution in [1.82, 2.24) is 0 Å². The van der Waals surface area contributed by atoms with Crippen molar-refractivity contribution in [2.45, 2.75) is 13.8 Å². The minimum atomic E-state index is -3.75. The number of hydrogen-bond acceptors (Lipinski definition) is 2. The lowest BCUT2D eigenvalue weighted by molar-refractivity contribution is 0.403. The first-order valence-electron chi connectivity index (χ1n) is 4.37. The second-order valence-corrected chi connectivity index (χ2v) is 6.05. The van der Waals surface area contributed by atoms with Gasteiger partial charge in [0.15, 0.2) is 0 Å². The fraction of sp³-hybridized carbons (Fsp3) is 0.200. The van der Waals surface area contributed by atoms with Gasteiger partial charge >= 0.3 is 6.80 Å². The first kappa shape index (κ1) is 12.4. The maximum atomic E-state index is 10.8. The molecule has 0 aliphatic rings. The molecule has 0 aliphatic carbocycles. The Morgan fingerprint density at radius 2 is 1.93 bits per heavy atom. The largest absolute Gasteiger partial charge is 0.434 e. The molecule has 0 saturated carbocycles. The van der Waals surface area contributed by atoms with E-state index in [0.717, 1.165) is 5.56 Å². The summed E-state index contributed by atoms with van der Waals surface area (Å²) in [6, 6.07) is 6.89. The lowest BCUT2D eigenvalue weighted by atomic mass is 10.1. The molecule has 0 fully saturated rings. The van der Waals surface area contributed by atoms with Crippen LogP contribution >= 0.6 is 19.0 Å². The highest BCUT2D eigenvalue weighted by molar-refractivity contribution is 8.44. The van der Waals surface area contributed by atoms with Crippen LogP contribution in [0.3, 0.4) is 0 Å². The van der Waals surface area contributed by atoms with E-state index in [1.165, 1.54) is 5.57 Å². The fourth-order valence-corrected chi connectivity index (χ4v) is 1.77. The van der Waals surface area contributed by atoms with Crippen LogP contribution in [-0.4, -0.2) is 4.89 Å². The zero-order valence-electron chi connectivity index (χ0n) is 8.54. The molecular formula is C10H13O3PS. The SMILES string of the molecule is CC(C)=Cc1ccc(OP(=O)(O)S)cc1. The Morgan fingerprint density at radius 1 is 1.40 bits per heavy atom. The summed E-state index contributed by atoms with van der Waals surface area (Å²) >= 11 is 3.42.